The van der Waals surface area contributed by atoms with Crippen molar-refractivity contribution < 1.29 is 57.8 Å². The number of carbonyl (C=O) groups excluding carboxylic acids is 11. The van der Waals surface area contributed by atoms with Crippen LogP contribution in [-0.4, -0.2) is 247 Å². The Labute approximate surface area is 547 Å². The van der Waals surface area contributed by atoms with Crippen LogP contribution in [0.4, 0.5) is 0 Å². The van der Waals surface area contributed by atoms with Crippen LogP contribution in [0.15, 0.2) is 9.59 Å². The molecule has 2 aromatic rings. The van der Waals surface area contributed by atoms with Crippen molar-refractivity contribution in [3.63, 3.8) is 0 Å². The molecule has 1 fully saturated rings. The highest BCUT2D eigenvalue weighted by atomic mass is 16.3. The average molecular weight is 1310 g/mol. The van der Waals surface area contributed by atoms with E-state index in [9.17, 15) is 48.3 Å². The van der Waals surface area contributed by atoms with Crippen molar-refractivity contribution in [3.05, 3.63) is 26.7 Å². The fourth-order valence-electron chi connectivity index (χ4n) is 11.7. The number of amides is 11. The molecule has 1 aliphatic heterocycles. The maximum absolute atomic E-state index is 15.4. The number of aliphatic hydroxyl groups is 1. The number of H-pyrrole nitrogens is 3. The highest BCUT2D eigenvalue weighted by Gasteiger charge is 2.46. The van der Waals surface area contributed by atoms with Gasteiger partial charge in [0, 0.05) is 55.8 Å². The molecule has 11 amide bonds. The van der Waals surface area contributed by atoms with Crippen LogP contribution in [0.2, 0.25) is 0 Å². The standard InChI is InChI=1S/C64H109N15O14/c1-24-40-59(88)73(17)30-46(80)74(18)41(25-31(2)3)55(84)70-47(35(10)11)62(91)75(19)42(26-32(4)5)54(83)65-38(15)53(82)66-39(16)58(87)76(20)43(27-33(6)7)60(89)77(21)44(28-34(8)9)61(90)78(22)49(36(12)13)63(92)79(23)50(57(86)67-40)51(81)37(14)29-45-68-48-52(69-45)71-64(93)72-56(48)85/h31-44,47,49-51,81H,24-30H2,1-23H3,(H,65,83)(H,66,82)(H,67,86)(H,70,84)(H3,68,69,71,72,85,93). The molecule has 12 unspecified atom stereocenters. The summed E-state index contributed by atoms with van der Waals surface area (Å²) in [5.41, 5.74) is -1.73. The molecule has 1 saturated heterocycles. The summed E-state index contributed by atoms with van der Waals surface area (Å²) in [6.07, 6.45) is -1.56. The monoisotopic (exact) mass is 1310 g/mol. The molecule has 29 heteroatoms. The quantitative estimate of drug-likeness (QED) is 0.122. The lowest BCUT2D eigenvalue weighted by Gasteiger charge is -2.41. The van der Waals surface area contributed by atoms with Gasteiger partial charge < -0.3 is 65.7 Å². The van der Waals surface area contributed by atoms with Gasteiger partial charge in [-0.15, -0.1) is 0 Å². The first-order valence-corrected chi connectivity index (χ1v) is 32.5. The summed E-state index contributed by atoms with van der Waals surface area (Å²) in [6.45, 7) is 26.9. The number of rotatable bonds is 15. The van der Waals surface area contributed by atoms with Gasteiger partial charge in [-0.05, 0) is 87.4 Å². The molecule has 29 nitrogen and oxygen atoms in total. The minimum Gasteiger partial charge on any atom is -0.390 e. The third kappa shape index (κ3) is 20.6. The molecular formula is C64H109N15O14. The van der Waals surface area contributed by atoms with E-state index >= 15 is 19.2 Å². The van der Waals surface area contributed by atoms with E-state index in [0.717, 1.165) is 9.80 Å². The summed E-state index contributed by atoms with van der Waals surface area (Å²) >= 11 is 0. The van der Waals surface area contributed by atoms with E-state index in [-0.39, 0.29) is 79.2 Å². The second-order valence-electron chi connectivity index (χ2n) is 27.8. The molecule has 0 spiro atoms. The van der Waals surface area contributed by atoms with Crippen LogP contribution in [-0.2, 0) is 59.2 Å². The molecular weight excluding hydrogens is 1200 g/mol. The number of aromatic nitrogens is 4. The maximum atomic E-state index is 15.4. The zero-order valence-electron chi connectivity index (χ0n) is 59.2. The van der Waals surface area contributed by atoms with Crippen molar-refractivity contribution >= 4 is 76.1 Å². The number of hydrogen-bond donors (Lipinski definition) is 8. The highest BCUT2D eigenvalue weighted by molar-refractivity contribution is 5.99. The minimum absolute atomic E-state index is 0.0672. The van der Waals surface area contributed by atoms with E-state index in [1.54, 1.807) is 41.5 Å². The van der Waals surface area contributed by atoms with Gasteiger partial charge in [0.05, 0.1) is 12.6 Å². The molecule has 1 aliphatic rings. The Balaban J connectivity index is 2.33. The Morgan fingerprint density at radius 1 is 0.462 bits per heavy atom. The van der Waals surface area contributed by atoms with Crippen LogP contribution in [0.3, 0.4) is 0 Å². The van der Waals surface area contributed by atoms with E-state index in [0.29, 0.717) is 0 Å². The second kappa shape index (κ2) is 34.4. The fraction of sp³-hybridized carbons (Fsp3) is 0.750. The van der Waals surface area contributed by atoms with E-state index in [1.165, 1.54) is 87.7 Å². The summed E-state index contributed by atoms with van der Waals surface area (Å²) in [6, 6.07) is -13.1. The lowest BCUT2D eigenvalue weighted by Crippen LogP contribution is -2.63. The molecule has 0 saturated carbocycles. The predicted octanol–water partition coefficient (Wildman–Crippen LogP) is 0.798. The van der Waals surface area contributed by atoms with Gasteiger partial charge in [-0.2, -0.15) is 0 Å². The van der Waals surface area contributed by atoms with Gasteiger partial charge in [0.25, 0.3) is 5.56 Å². The summed E-state index contributed by atoms with van der Waals surface area (Å²) in [4.78, 5) is 206. The van der Waals surface area contributed by atoms with Gasteiger partial charge >= 0.3 is 5.69 Å². The lowest BCUT2D eigenvalue weighted by molar-refractivity contribution is -0.157. The summed E-state index contributed by atoms with van der Waals surface area (Å²) in [5.74, 6) is -10.9. The van der Waals surface area contributed by atoms with Crippen LogP contribution in [0.1, 0.15) is 149 Å². The number of nitrogens with one attached hydrogen (secondary N) is 7. The normalized spacial score (nSPS) is 25.6. The Kier molecular flexibility index (Phi) is 29.4. The van der Waals surface area contributed by atoms with Crippen LogP contribution >= 0.6 is 0 Å². The smallest absolute Gasteiger partial charge is 0.327 e. The van der Waals surface area contributed by atoms with Gasteiger partial charge in [0.1, 0.15) is 71.8 Å². The Bertz CT molecular complexity index is 3100. The molecule has 3 heterocycles. The first kappa shape index (κ1) is 79.5. The first-order valence-electron chi connectivity index (χ1n) is 32.5. The molecule has 2 aromatic heterocycles. The molecule has 0 aliphatic carbocycles. The third-order valence-electron chi connectivity index (χ3n) is 17.3. The van der Waals surface area contributed by atoms with Gasteiger partial charge in [-0.25, -0.2) is 9.78 Å². The largest absolute Gasteiger partial charge is 0.390 e. The van der Waals surface area contributed by atoms with Crippen molar-refractivity contribution in [1.82, 2.24) is 75.5 Å². The van der Waals surface area contributed by atoms with Crippen molar-refractivity contribution in [2.24, 2.45) is 41.4 Å². The third-order valence-corrected chi connectivity index (χ3v) is 17.3. The molecule has 93 heavy (non-hydrogen) atoms. The van der Waals surface area contributed by atoms with E-state index in [4.69, 9.17) is 0 Å². The number of aromatic amines is 3. The Morgan fingerprint density at radius 2 is 0.914 bits per heavy atom. The van der Waals surface area contributed by atoms with E-state index in [1.807, 2.05) is 55.4 Å². The fourth-order valence-corrected chi connectivity index (χ4v) is 11.7. The Morgan fingerprint density at radius 3 is 1.41 bits per heavy atom. The van der Waals surface area contributed by atoms with Crippen LogP contribution in [0, 0.1) is 41.4 Å². The number of likely N-dealkylation sites (N-methyl/N-ethyl adjacent to an activating group) is 7. The van der Waals surface area contributed by atoms with Crippen molar-refractivity contribution in [2.45, 2.75) is 216 Å². The number of hydrogen-bond acceptors (Lipinski definition) is 15. The van der Waals surface area contributed by atoms with Crippen LogP contribution in [0.25, 0.3) is 11.2 Å². The molecule has 524 valence electrons. The predicted molar refractivity (Wildman–Crippen MR) is 350 cm³/mol. The van der Waals surface area contributed by atoms with Crippen molar-refractivity contribution in [3.8, 4) is 0 Å². The zero-order valence-corrected chi connectivity index (χ0v) is 59.2. The van der Waals surface area contributed by atoms with Gasteiger partial charge in [0.2, 0.25) is 65.0 Å². The first-order chi connectivity index (χ1) is 43.0. The second-order valence-corrected chi connectivity index (χ2v) is 27.8. The van der Waals surface area contributed by atoms with E-state index < -0.39 is 167 Å². The molecule has 0 aromatic carbocycles. The van der Waals surface area contributed by atoms with Crippen molar-refractivity contribution in [2.75, 3.05) is 55.9 Å². The van der Waals surface area contributed by atoms with Gasteiger partial charge in [-0.3, -0.25) is 67.5 Å². The molecule has 12 atom stereocenters. The number of fused-ring (bicyclic) bond motifs is 1. The number of nitrogens with zero attached hydrogens (tertiary/aromatic N) is 8. The molecule has 0 radical (unpaired) electrons. The Hall–Kier alpha value is -7.72. The highest BCUT2D eigenvalue weighted by Crippen LogP contribution is 2.26. The summed E-state index contributed by atoms with van der Waals surface area (Å²) in [5, 5.41) is 23.4. The van der Waals surface area contributed by atoms with E-state index in [2.05, 4.69) is 41.2 Å². The lowest BCUT2D eigenvalue weighted by atomic mass is 9.91. The van der Waals surface area contributed by atoms with Gasteiger partial charge in [0.15, 0.2) is 5.65 Å². The number of imidazole rings is 1. The SMILES string of the molecule is CCC1NC(=O)C(C(O)C(C)Cc2nc3[nH]c(=O)[nH]c(=O)c3[nH]2)N(C)C(=O)C(C(C)C)N(C)C(=O)C(CC(C)C)N(C)C(=O)C(CC(C)C)N(C)C(=O)C(C)NC(=O)C(C)NC(=O)C(CC(C)C)N(C)C(=O)C(C(C)C)NC(=O)C(CC(C)C)N(C)C(=O)CN(C)C1=O. The zero-order chi connectivity index (χ0) is 71.3. The molecule has 8 N–H and O–H groups in total. The topological polar surface area (TPSA) is 373 Å². The minimum atomic E-state index is -1.83. The van der Waals surface area contributed by atoms with Gasteiger partial charge in [-0.1, -0.05) is 96.9 Å². The maximum Gasteiger partial charge on any atom is 0.327 e. The average Bonchev–Trinajstić information content (AvgIpc) is 1.71. The number of carbonyl (C=O) groups is 11. The van der Waals surface area contributed by atoms with Crippen LogP contribution < -0.4 is 32.5 Å². The van der Waals surface area contributed by atoms with Crippen molar-refractivity contribution in [1.29, 1.82) is 0 Å². The summed E-state index contributed by atoms with van der Waals surface area (Å²) in [7, 11) is 9.61. The number of aliphatic hydroxyl groups excluding tert-OH is 1. The molecule has 3 rings (SSSR count). The molecule has 0 bridgehead atoms. The van der Waals surface area contributed by atoms with Crippen LogP contribution in [0.5, 0.6) is 0 Å². The summed E-state index contributed by atoms with van der Waals surface area (Å²) < 4.78 is 0.